The van der Waals surface area contributed by atoms with E-state index in [9.17, 15) is 0 Å². The van der Waals surface area contributed by atoms with E-state index in [1.807, 2.05) is 17.6 Å². The van der Waals surface area contributed by atoms with Crippen molar-refractivity contribution in [3.8, 4) is 0 Å². The van der Waals surface area contributed by atoms with Crippen molar-refractivity contribution in [1.29, 1.82) is 0 Å². The van der Waals surface area contributed by atoms with E-state index in [1.165, 1.54) is 24.4 Å². The van der Waals surface area contributed by atoms with Gasteiger partial charge in [-0.1, -0.05) is 0 Å². The second kappa shape index (κ2) is 4.99. The van der Waals surface area contributed by atoms with Crippen LogP contribution in [-0.2, 0) is 0 Å². The van der Waals surface area contributed by atoms with Crippen LogP contribution in [0.1, 0.15) is 12.8 Å². The fourth-order valence-corrected chi connectivity index (χ4v) is 3.43. The highest BCUT2D eigenvalue weighted by atomic mass is 32.1. The predicted octanol–water partition coefficient (Wildman–Crippen LogP) is 1.62. The summed E-state index contributed by atoms with van der Waals surface area (Å²) in [5.74, 6) is 1.64. The Labute approximate surface area is 121 Å². The van der Waals surface area contributed by atoms with Gasteiger partial charge in [0.25, 0.3) is 0 Å². The molecule has 2 saturated heterocycles. The molecule has 2 unspecified atom stereocenters. The van der Waals surface area contributed by atoms with Gasteiger partial charge in [-0.2, -0.15) is 9.36 Å². The number of piperazine rings is 1. The molecular weight excluding hydrogens is 272 g/mol. The molecule has 2 aliphatic rings. The van der Waals surface area contributed by atoms with Gasteiger partial charge in [-0.05, 0) is 30.4 Å². The Balaban J connectivity index is 1.53. The molecule has 2 aromatic heterocycles. The van der Waals surface area contributed by atoms with Gasteiger partial charge in [0.1, 0.15) is 5.82 Å². The second-order valence-electron chi connectivity index (χ2n) is 5.32. The van der Waals surface area contributed by atoms with Crippen molar-refractivity contribution in [3.63, 3.8) is 0 Å². The monoisotopic (exact) mass is 288 g/mol. The van der Waals surface area contributed by atoms with Crippen LogP contribution in [0.25, 0.3) is 0 Å². The van der Waals surface area contributed by atoms with Crippen LogP contribution in [0.15, 0.2) is 23.8 Å². The Morgan fingerprint density at radius 2 is 2.15 bits per heavy atom. The first-order valence-electron chi connectivity index (χ1n) is 6.87. The molecule has 2 N–H and O–H groups in total. The summed E-state index contributed by atoms with van der Waals surface area (Å²) < 4.78 is 4.06. The van der Waals surface area contributed by atoms with Crippen molar-refractivity contribution < 1.29 is 0 Å². The van der Waals surface area contributed by atoms with Crippen molar-refractivity contribution in [3.05, 3.63) is 23.8 Å². The van der Waals surface area contributed by atoms with Gasteiger partial charge >= 0.3 is 0 Å². The van der Waals surface area contributed by atoms with Crippen LogP contribution in [0, 0.1) is 0 Å². The van der Waals surface area contributed by atoms with Crippen LogP contribution in [-0.4, -0.2) is 39.5 Å². The third-order valence-corrected chi connectivity index (χ3v) is 4.46. The molecular formula is C13H16N6S. The van der Waals surface area contributed by atoms with E-state index in [0.29, 0.717) is 18.0 Å². The molecule has 2 bridgehead atoms. The maximum absolute atomic E-state index is 4.62. The van der Waals surface area contributed by atoms with Crippen LogP contribution in [0.4, 0.5) is 17.5 Å². The first-order valence-corrected chi connectivity index (χ1v) is 7.71. The first-order chi connectivity index (χ1) is 9.87. The molecule has 0 aliphatic carbocycles. The highest BCUT2D eigenvalue weighted by Gasteiger charge is 2.32. The predicted molar refractivity (Wildman–Crippen MR) is 79.6 cm³/mol. The normalized spacial score (nSPS) is 24.9. The van der Waals surface area contributed by atoms with Gasteiger partial charge in [0.2, 0.25) is 5.95 Å². The van der Waals surface area contributed by atoms with Crippen LogP contribution in [0.3, 0.4) is 0 Å². The Bertz CT molecular complexity index is 574. The molecule has 2 fully saturated rings. The summed E-state index contributed by atoms with van der Waals surface area (Å²) in [6.45, 7) is 2.07. The average molecular weight is 288 g/mol. The van der Waals surface area contributed by atoms with E-state index in [2.05, 4.69) is 29.9 Å². The van der Waals surface area contributed by atoms with Crippen molar-refractivity contribution >= 4 is 29.0 Å². The van der Waals surface area contributed by atoms with Gasteiger partial charge in [0, 0.05) is 36.8 Å². The molecule has 0 amide bonds. The Kier molecular flexibility index (Phi) is 3.00. The lowest BCUT2D eigenvalue weighted by Gasteiger charge is -2.33. The average Bonchev–Trinajstić information content (AvgIpc) is 3.09. The topological polar surface area (TPSA) is 66.0 Å². The van der Waals surface area contributed by atoms with E-state index in [1.54, 1.807) is 6.20 Å². The fraction of sp³-hybridized carbons (Fsp3) is 0.462. The molecule has 104 valence electrons. The molecule has 2 atom stereocenters. The summed E-state index contributed by atoms with van der Waals surface area (Å²) in [5, 5.41) is 8.76. The minimum absolute atomic E-state index is 0.612. The van der Waals surface area contributed by atoms with E-state index < -0.39 is 0 Å². The highest BCUT2D eigenvalue weighted by molar-refractivity contribution is 7.04. The first kappa shape index (κ1) is 12.0. The number of hydrogen-bond donors (Lipinski definition) is 2. The molecule has 7 heteroatoms. The highest BCUT2D eigenvalue weighted by Crippen LogP contribution is 2.24. The zero-order valence-corrected chi connectivity index (χ0v) is 11.8. The van der Waals surface area contributed by atoms with Crippen molar-refractivity contribution in [1.82, 2.24) is 19.7 Å². The number of anilines is 3. The van der Waals surface area contributed by atoms with Gasteiger partial charge in [0.05, 0.1) is 11.9 Å². The lowest BCUT2D eigenvalue weighted by Crippen LogP contribution is -2.51. The van der Waals surface area contributed by atoms with Gasteiger partial charge in [0.15, 0.2) is 0 Å². The van der Waals surface area contributed by atoms with Gasteiger partial charge in [-0.15, -0.1) is 0 Å². The number of rotatable bonds is 3. The summed E-state index contributed by atoms with van der Waals surface area (Å²) in [5.41, 5.74) is 0.938. The maximum atomic E-state index is 4.62. The molecule has 6 nitrogen and oxygen atoms in total. The van der Waals surface area contributed by atoms with E-state index in [4.69, 9.17) is 0 Å². The third-order valence-electron chi connectivity index (χ3n) is 3.87. The lowest BCUT2D eigenvalue weighted by atomic mass is 10.2. The zero-order valence-electron chi connectivity index (χ0n) is 11.0. The standard InChI is InChI=1S/C13H16N6S/c1-2-10-7-19(6-9(1)16-10)12-3-4-14-13(18-12)17-11-5-15-20-8-11/h3-5,8-10,16H,1-2,6-7H2,(H,14,17,18). The van der Waals surface area contributed by atoms with Gasteiger partial charge in [-0.25, -0.2) is 4.98 Å². The van der Waals surface area contributed by atoms with Gasteiger partial charge < -0.3 is 15.5 Å². The molecule has 0 spiro atoms. The largest absolute Gasteiger partial charge is 0.353 e. The van der Waals surface area contributed by atoms with E-state index in [0.717, 1.165) is 24.6 Å². The molecule has 0 radical (unpaired) electrons. The summed E-state index contributed by atoms with van der Waals surface area (Å²) in [6.07, 6.45) is 6.15. The Morgan fingerprint density at radius 1 is 1.30 bits per heavy atom. The molecule has 2 aromatic rings. The van der Waals surface area contributed by atoms with Crippen LogP contribution >= 0.6 is 11.5 Å². The quantitative estimate of drug-likeness (QED) is 0.894. The number of nitrogens with one attached hydrogen (secondary N) is 2. The Morgan fingerprint density at radius 3 is 2.90 bits per heavy atom. The minimum atomic E-state index is 0.612. The van der Waals surface area contributed by atoms with Crippen LogP contribution in [0.2, 0.25) is 0 Å². The molecule has 0 saturated carbocycles. The number of aromatic nitrogens is 3. The zero-order chi connectivity index (χ0) is 13.4. The second-order valence-corrected chi connectivity index (χ2v) is 5.98. The molecule has 4 rings (SSSR count). The SMILES string of the molecule is c1cc(N2CC3CCC(C2)N3)nc(Nc2cnsc2)n1. The summed E-state index contributed by atoms with van der Waals surface area (Å²) in [4.78, 5) is 11.3. The summed E-state index contributed by atoms with van der Waals surface area (Å²) in [6, 6.07) is 3.21. The Hall–Kier alpha value is -1.73. The van der Waals surface area contributed by atoms with Gasteiger partial charge in [-0.3, -0.25) is 0 Å². The van der Waals surface area contributed by atoms with Crippen LogP contribution in [0.5, 0.6) is 0 Å². The fourth-order valence-electron chi connectivity index (χ4n) is 2.97. The van der Waals surface area contributed by atoms with E-state index >= 15 is 0 Å². The summed E-state index contributed by atoms with van der Waals surface area (Å²) >= 11 is 1.41. The van der Waals surface area contributed by atoms with E-state index in [-0.39, 0.29) is 0 Å². The number of nitrogens with zero attached hydrogens (tertiary/aromatic N) is 4. The molecule has 2 aliphatic heterocycles. The molecule has 20 heavy (non-hydrogen) atoms. The van der Waals surface area contributed by atoms with Crippen molar-refractivity contribution in [2.75, 3.05) is 23.3 Å². The molecule has 4 heterocycles. The third kappa shape index (κ3) is 2.34. The van der Waals surface area contributed by atoms with Crippen molar-refractivity contribution in [2.45, 2.75) is 24.9 Å². The number of hydrogen-bond acceptors (Lipinski definition) is 7. The summed E-state index contributed by atoms with van der Waals surface area (Å²) in [7, 11) is 0. The maximum Gasteiger partial charge on any atom is 0.229 e. The van der Waals surface area contributed by atoms with Crippen molar-refractivity contribution in [2.24, 2.45) is 0 Å². The smallest absolute Gasteiger partial charge is 0.229 e. The number of fused-ring (bicyclic) bond motifs is 2. The minimum Gasteiger partial charge on any atom is -0.353 e. The lowest BCUT2D eigenvalue weighted by molar-refractivity contribution is 0.463. The molecule has 0 aromatic carbocycles. The van der Waals surface area contributed by atoms with Crippen LogP contribution < -0.4 is 15.5 Å².